The second kappa shape index (κ2) is 7.71. The second-order valence-corrected chi connectivity index (χ2v) is 6.75. The highest BCUT2D eigenvalue weighted by atomic mass is 16.6. The molecule has 1 saturated heterocycles. The number of nitro benzene ring substituents is 1. The Bertz CT molecular complexity index is 1240. The van der Waals surface area contributed by atoms with Crippen LogP contribution in [-0.2, 0) is 9.59 Å². The normalized spacial score (nSPS) is 17.7. The van der Waals surface area contributed by atoms with E-state index in [1.54, 1.807) is 24.3 Å². The van der Waals surface area contributed by atoms with Crippen LogP contribution in [0, 0.1) is 10.1 Å². The van der Waals surface area contributed by atoms with Crippen LogP contribution in [0.2, 0.25) is 0 Å². The molecule has 1 aliphatic rings. The van der Waals surface area contributed by atoms with Crippen molar-refractivity contribution in [1.29, 1.82) is 0 Å². The maximum Gasteiger partial charge on any atom is 0.300 e. The quantitative estimate of drug-likeness (QED) is 0.219. The van der Waals surface area contributed by atoms with Gasteiger partial charge in [0, 0.05) is 30.1 Å². The number of phenols is 1. The molecule has 1 atom stereocenters. The molecule has 1 amide bonds. The van der Waals surface area contributed by atoms with Crippen molar-refractivity contribution < 1.29 is 24.7 Å². The first-order chi connectivity index (χ1) is 14.9. The van der Waals surface area contributed by atoms with Crippen LogP contribution in [0.4, 0.5) is 11.4 Å². The van der Waals surface area contributed by atoms with Crippen LogP contribution in [0.15, 0.2) is 78.6 Å². The molecule has 0 saturated carbocycles. The summed E-state index contributed by atoms with van der Waals surface area (Å²) in [5.41, 5.74) is -0.0366. The summed E-state index contributed by atoms with van der Waals surface area (Å²) in [6, 6.07) is 13.3. The Labute approximate surface area is 175 Å². The standard InChI is InChI=1S/C22H15N3O6/c26-17-9-2-1-8-16(17)24-19(14-6-4-10-23-12-14)18(21(28)22(24)29)20(27)13-5-3-7-15(11-13)25(30)31/h1-12,19,26-27H/b20-18-. The molecule has 4 rings (SSSR count). The topological polar surface area (TPSA) is 134 Å². The number of benzene rings is 2. The fraction of sp³-hybridized carbons (Fsp3) is 0.0455. The van der Waals surface area contributed by atoms with E-state index < -0.39 is 28.4 Å². The number of aliphatic hydroxyl groups is 1. The van der Waals surface area contributed by atoms with E-state index in [1.165, 1.54) is 42.7 Å². The Hall–Kier alpha value is -4.53. The van der Waals surface area contributed by atoms with Crippen LogP contribution in [-0.4, -0.2) is 31.8 Å². The van der Waals surface area contributed by atoms with Gasteiger partial charge in [0.25, 0.3) is 17.4 Å². The lowest BCUT2D eigenvalue weighted by molar-refractivity contribution is -0.384. The van der Waals surface area contributed by atoms with Crippen molar-refractivity contribution in [3.63, 3.8) is 0 Å². The lowest BCUT2D eigenvalue weighted by Gasteiger charge is -2.25. The number of phenolic OH excluding ortho intramolecular Hbond substituents is 1. The summed E-state index contributed by atoms with van der Waals surface area (Å²) in [6.45, 7) is 0. The molecule has 2 N–H and O–H groups in total. The molecule has 1 aromatic heterocycles. The first-order valence-corrected chi connectivity index (χ1v) is 9.14. The van der Waals surface area contributed by atoms with Gasteiger partial charge in [0.15, 0.2) is 0 Å². The number of carbonyl (C=O) groups is 2. The minimum absolute atomic E-state index is 0.0124. The van der Waals surface area contributed by atoms with Gasteiger partial charge in [-0.15, -0.1) is 0 Å². The van der Waals surface area contributed by atoms with Crippen LogP contribution in [0.3, 0.4) is 0 Å². The van der Waals surface area contributed by atoms with E-state index in [9.17, 15) is 29.9 Å². The van der Waals surface area contributed by atoms with Gasteiger partial charge in [-0.1, -0.05) is 30.3 Å². The van der Waals surface area contributed by atoms with E-state index in [4.69, 9.17) is 0 Å². The van der Waals surface area contributed by atoms with Crippen molar-refractivity contribution in [2.24, 2.45) is 0 Å². The molecule has 154 valence electrons. The number of hydrogen-bond acceptors (Lipinski definition) is 7. The fourth-order valence-corrected chi connectivity index (χ4v) is 3.52. The third kappa shape index (κ3) is 3.38. The summed E-state index contributed by atoms with van der Waals surface area (Å²) in [5, 5.41) is 32.4. The third-order valence-corrected chi connectivity index (χ3v) is 4.92. The number of anilines is 1. The van der Waals surface area contributed by atoms with Gasteiger partial charge in [-0.2, -0.15) is 0 Å². The molecule has 0 aliphatic carbocycles. The number of rotatable bonds is 4. The zero-order valence-electron chi connectivity index (χ0n) is 15.9. The largest absolute Gasteiger partial charge is 0.507 e. The molecule has 0 bridgehead atoms. The maximum atomic E-state index is 13.0. The third-order valence-electron chi connectivity index (χ3n) is 4.92. The number of hydrogen-bond donors (Lipinski definition) is 2. The molecule has 0 spiro atoms. The number of ketones is 1. The molecule has 1 aliphatic heterocycles. The Morgan fingerprint density at radius 2 is 1.84 bits per heavy atom. The number of nitrogens with zero attached hydrogens (tertiary/aromatic N) is 3. The number of aromatic nitrogens is 1. The van der Waals surface area contributed by atoms with Crippen LogP contribution in [0.25, 0.3) is 5.76 Å². The van der Waals surface area contributed by atoms with Gasteiger partial charge in [0.1, 0.15) is 11.5 Å². The van der Waals surface area contributed by atoms with Gasteiger partial charge < -0.3 is 10.2 Å². The Morgan fingerprint density at radius 1 is 1.06 bits per heavy atom. The average molecular weight is 417 g/mol. The highest BCUT2D eigenvalue weighted by Gasteiger charge is 2.47. The van der Waals surface area contributed by atoms with Crippen molar-refractivity contribution in [1.82, 2.24) is 4.98 Å². The number of aromatic hydroxyl groups is 1. The zero-order chi connectivity index (χ0) is 22.1. The van der Waals surface area contributed by atoms with E-state index in [0.717, 1.165) is 11.0 Å². The predicted molar refractivity (Wildman–Crippen MR) is 110 cm³/mol. The number of amides is 1. The Kier molecular flexibility index (Phi) is 4.92. The van der Waals surface area contributed by atoms with Crippen molar-refractivity contribution in [2.45, 2.75) is 6.04 Å². The van der Waals surface area contributed by atoms with Crippen LogP contribution in [0.5, 0.6) is 5.75 Å². The van der Waals surface area contributed by atoms with Gasteiger partial charge in [-0.3, -0.25) is 29.6 Å². The first kappa shape index (κ1) is 19.8. The molecule has 3 aromatic rings. The number of non-ortho nitro benzene ring substituents is 1. The summed E-state index contributed by atoms with van der Waals surface area (Å²) in [5.74, 6) is -2.73. The van der Waals surface area contributed by atoms with Crippen LogP contribution >= 0.6 is 0 Å². The van der Waals surface area contributed by atoms with E-state index in [0.29, 0.717) is 5.56 Å². The van der Waals surface area contributed by atoms with Gasteiger partial charge in [0.2, 0.25) is 0 Å². The number of carbonyl (C=O) groups excluding carboxylic acids is 2. The van der Waals surface area contributed by atoms with Crippen LogP contribution in [0.1, 0.15) is 17.2 Å². The van der Waals surface area contributed by atoms with Gasteiger partial charge in [0.05, 0.1) is 22.2 Å². The van der Waals surface area contributed by atoms with Gasteiger partial charge in [-0.05, 0) is 23.8 Å². The first-order valence-electron chi connectivity index (χ1n) is 9.14. The highest BCUT2D eigenvalue weighted by molar-refractivity contribution is 6.51. The van der Waals surface area contributed by atoms with Crippen molar-refractivity contribution >= 4 is 28.8 Å². The lowest BCUT2D eigenvalue weighted by Crippen LogP contribution is -2.29. The lowest BCUT2D eigenvalue weighted by atomic mass is 9.96. The zero-order valence-corrected chi connectivity index (χ0v) is 15.9. The second-order valence-electron chi connectivity index (χ2n) is 6.75. The van der Waals surface area contributed by atoms with Crippen molar-refractivity contribution in [2.75, 3.05) is 4.90 Å². The molecule has 9 heteroatoms. The van der Waals surface area contributed by atoms with Crippen LogP contribution < -0.4 is 4.90 Å². The predicted octanol–water partition coefficient (Wildman–Crippen LogP) is 3.32. The number of aliphatic hydroxyl groups excluding tert-OH is 1. The molecule has 0 radical (unpaired) electrons. The number of para-hydroxylation sites is 2. The average Bonchev–Trinajstić information content (AvgIpc) is 3.05. The smallest absolute Gasteiger partial charge is 0.300 e. The van der Waals surface area contributed by atoms with Gasteiger partial charge in [-0.25, -0.2) is 0 Å². The van der Waals surface area contributed by atoms with Gasteiger partial charge >= 0.3 is 0 Å². The fourth-order valence-electron chi connectivity index (χ4n) is 3.52. The Morgan fingerprint density at radius 3 is 2.52 bits per heavy atom. The number of nitro groups is 1. The molecular weight excluding hydrogens is 402 g/mol. The number of pyridine rings is 1. The molecule has 2 heterocycles. The van der Waals surface area contributed by atoms with E-state index in [2.05, 4.69) is 4.98 Å². The highest BCUT2D eigenvalue weighted by Crippen LogP contribution is 2.44. The molecule has 9 nitrogen and oxygen atoms in total. The monoisotopic (exact) mass is 417 g/mol. The summed E-state index contributed by atoms with van der Waals surface area (Å²) in [7, 11) is 0. The minimum atomic E-state index is -1.10. The summed E-state index contributed by atoms with van der Waals surface area (Å²) >= 11 is 0. The SMILES string of the molecule is O=C1C(=O)N(c2ccccc2O)C(c2cccnc2)/C1=C(/O)c1cccc([N+](=O)[O-])c1. The van der Waals surface area contributed by atoms with E-state index >= 15 is 0 Å². The van der Waals surface area contributed by atoms with E-state index in [1.807, 2.05) is 0 Å². The minimum Gasteiger partial charge on any atom is -0.507 e. The Balaban J connectivity index is 1.96. The van der Waals surface area contributed by atoms with E-state index in [-0.39, 0.29) is 28.3 Å². The summed E-state index contributed by atoms with van der Waals surface area (Å²) < 4.78 is 0. The molecule has 31 heavy (non-hydrogen) atoms. The molecule has 1 fully saturated rings. The summed E-state index contributed by atoms with van der Waals surface area (Å²) in [4.78, 5) is 41.5. The maximum absolute atomic E-state index is 13.0. The molecule has 1 unspecified atom stereocenters. The van der Waals surface area contributed by atoms with Crippen molar-refractivity contribution in [3.05, 3.63) is 99.9 Å². The number of Topliss-reactive ketones (excluding diaryl/α,β-unsaturated/α-hetero) is 1. The van der Waals surface area contributed by atoms with Crippen molar-refractivity contribution in [3.8, 4) is 5.75 Å². The molecular formula is C22H15N3O6. The summed E-state index contributed by atoms with van der Waals surface area (Å²) in [6.07, 6.45) is 2.94. The molecule has 2 aromatic carbocycles.